The van der Waals surface area contributed by atoms with Crippen LogP contribution < -0.4 is 5.32 Å². The Morgan fingerprint density at radius 2 is 1.47 bits per heavy atom. The molecule has 0 aromatic heterocycles. The lowest BCUT2D eigenvalue weighted by molar-refractivity contribution is -0.134. The van der Waals surface area contributed by atoms with Crippen molar-refractivity contribution in [3.63, 3.8) is 0 Å². The maximum absolute atomic E-state index is 13.0. The third-order valence-corrected chi connectivity index (χ3v) is 7.92. The van der Waals surface area contributed by atoms with E-state index in [1.807, 2.05) is 34.6 Å². The van der Waals surface area contributed by atoms with Crippen LogP contribution in [0.5, 0.6) is 5.75 Å². The lowest BCUT2D eigenvalue weighted by atomic mass is 10.0. The second-order valence-corrected chi connectivity index (χ2v) is 11.8. The van der Waals surface area contributed by atoms with Crippen LogP contribution in [0.15, 0.2) is 6.07 Å². The number of nitrogens with one attached hydrogen (secondary N) is 1. The molecular formula is C28H48N2O3S. The molecule has 6 heteroatoms. The zero-order valence-electron chi connectivity index (χ0n) is 22.7. The van der Waals surface area contributed by atoms with Gasteiger partial charge in [-0.05, 0) is 69.5 Å². The smallest absolute Gasteiger partial charge is 0.243 e. The molecule has 0 aliphatic heterocycles. The molecule has 1 rings (SSSR count). The lowest BCUT2D eigenvalue weighted by Gasteiger charge is -2.28. The number of aromatic hydroxyl groups is 1. The SMILES string of the molecule is CCCCCCCCCCCCSC(C)(C)C(=O)N(C)CC(=O)Nc1cc(C)c(O)c(C)c1C. The summed E-state index contributed by atoms with van der Waals surface area (Å²) < 4.78 is -0.560. The first-order valence-corrected chi connectivity index (χ1v) is 14.0. The number of nitrogens with zero attached hydrogens (tertiary/aromatic N) is 1. The van der Waals surface area contributed by atoms with Crippen LogP contribution in [0.2, 0.25) is 0 Å². The number of anilines is 1. The van der Waals surface area contributed by atoms with Crippen LogP contribution in [-0.2, 0) is 9.59 Å². The van der Waals surface area contributed by atoms with E-state index in [1.54, 1.807) is 24.9 Å². The van der Waals surface area contributed by atoms with Crippen LogP contribution >= 0.6 is 11.8 Å². The highest BCUT2D eigenvalue weighted by atomic mass is 32.2. The lowest BCUT2D eigenvalue weighted by Crippen LogP contribution is -2.44. The maximum atomic E-state index is 13.0. The molecular weight excluding hydrogens is 444 g/mol. The number of carbonyl (C=O) groups excluding carboxylic acids is 2. The number of carbonyl (C=O) groups is 2. The number of benzene rings is 1. The molecule has 0 heterocycles. The summed E-state index contributed by atoms with van der Waals surface area (Å²) in [4.78, 5) is 27.1. The van der Waals surface area contributed by atoms with E-state index >= 15 is 0 Å². The van der Waals surface area contributed by atoms with Gasteiger partial charge in [0, 0.05) is 12.7 Å². The Morgan fingerprint density at radius 3 is 2.03 bits per heavy atom. The molecule has 0 bridgehead atoms. The number of amides is 2. The van der Waals surface area contributed by atoms with Crippen molar-refractivity contribution in [1.29, 1.82) is 0 Å². The van der Waals surface area contributed by atoms with Crippen molar-refractivity contribution in [2.75, 3.05) is 24.7 Å². The molecule has 34 heavy (non-hydrogen) atoms. The first-order valence-electron chi connectivity index (χ1n) is 13.0. The average Bonchev–Trinajstić information content (AvgIpc) is 2.78. The zero-order chi connectivity index (χ0) is 25.7. The second-order valence-electron chi connectivity index (χ2n) is 10.1. The molecule has 1 aromatic rings. The minimum Gasteiger partial charge on any atom is -0.507 e. The molecule has 0 radical (unpaired) electrons. The maximum Gasteiger partial charge on any atom is 0.243 e. The number of thioether (sulfide) groups is 1. The molecule has 2 amide bonds. The average molecular weight is 493 g/mol. The van der Waals surface area contributed by atoms with E-state index in [0.29, 0.717) is 11.3 Å². The Kier molecular flexibility index (Phi) is 13.7. The summed E-state index contributed by atoms with van der Waals surface area (Å²) in [5.74, 6) is 0.943. The Morgan fingerprint density at radius 1 is 0.941 bits per heavy atom. The van der Waals surface area contributed by atoms with Gasteiger partial charge in [-0.1, -0.05) is 64.7 Å². The molecule has 1 aromatic carbocycles. The number of phenols is 1. The summed E-state index contributed by atoms with van der Waals surface area (Å²) >= 11 is 1.68. The monoisotopic (exact) mass is 492 g/mol. The number of rotatable bonds is 16. The van der Waals surface area contributed by atoms with E-state index < -0.39 is 4.75 Å². The fourth-order valence-electron chi connectivity index (χ4n) is 4.11. The van der Waals surface area contributed by atoms with E-state index in [9.17, 15) is 14.7 Å². The fraction of sp³-hybridized carbons (Fsp3) is 0.714. The predicted octanol–water partition coefficient (Wildman–Crippen LogP) is 7.15. The molecule has 0 saturated carbocycles. The topological polar surface area (TPSA) is 69.6 Å². The molecule has 0 aliphatic carbocycles. The van der Waals surface area contributed by atoms with E-state index in [1.165, 1.54) is 62.7 Å². The van der Waals surface area contributed by atoms with Gasteiger partial charge in [0.1, 0.15) is 5.75 Å². The van der Waals surface area contributed by atoms with Crippen molar-refractivity contribution >= 4 is 29.3 Å². The molecule has 0 atom stereocenters. The van der Waals surface area contributed by atoms with Gasteiger partial charge in [-0.3, -0.25) is 9.59 Å². The van der Waals surface area contributed by atoms with Crippen molar-refractivity contribution in [1.82, 2.24) is 4.90 Å². The van der Waals surface area contributed by atoms with Crippen molar-refractivity contribution in [3.05, 3.63) is 22.8 Å². The summed E-state index contributed by atoms with van der Waals surface area (Å²) in [6.07, 6.45) is 13.1. The van der Waals surface area contributed by atoms with E-state index in [0.717, 1.165) is 23.3 Å². The van der Waals surface area contributed by atoms with Gasteiger partial charge in [-0.25, -0.2) is 0 Å². The summed E-state index contributed by atoms with van der Waals surface area (Å²) in [6.45, 7) is 11.7. The Bertz CT molecular complexity index is 792. The minimum atomic E-state index is -0.560. The second kappa shape index (κ2) is 15.3. The van der Waals surface area contributed by atoms with Crippen LogP contribution in [0.4, 0.5) is 5.69 Å². The van der Waals surface area contributed by atoms with E-state index in [4.69, 9.17) is 0 Å². The third kappa shape index (κ3) is 10.3. The first-order chi connectivity index (χ1) is 16.0. The number of hydrogen-bond acceptors (Lipinski definition) is 4. The summed E-state index contributed by atoms with van der Waals surface area (Å²) in [5.41, 5.74) is 2.97. The summed E-state index contributed by atoms with van der Waals surface area (Å²) in [7, 11) is 1.69. The minimum absolute atomic E-state index is 0.000505. The van der Waals surface area contributed by atoms with Gasteiger partial charge in [0.05, 0.1) is 11.3 Å². The quantitative estimate of drug-likeness (QED) is 0.190. The highest BCUT2D eigenvalue weighted by Crippen LogP contribution is 2.31. The molecule has 5 nitrogen and oxygen atoms in total. The molecule has 0 fully saturated rings. The number of unbranched alkanes of at least 4 members (excludes halogenated alkanes) is 9. The Balaban J connectivity index is 2.36. The van der Waals surface area contributed by atoms with Crippen LogP contribution in [0.1, 0.15) is 102 Å². The van der Waals surface area contributed by atoms with Gasteiger partial charge in [-0.2, -0.15) is 0 Å². The summed E-state index contributed by atoms with van der Waals surface area (Å²) in [5, 5.41) is 13.0. The number of likely N-dealkylation sites (N-methyl/N-ethyl adjacent to an activating group) is 1. The largest absolute Gasteiger partial charge is 0.507 e. The van der Waals surface area contributed by atoms with Crippen LogP contribution in [0, 0.1) is 20.8 Å². The van der Waals surface area contributed by atoms with Gasteiger partial charge < -0.3 is 15.3 Å². The Hall–Kier alpha value is -1.69. The van der Waals surface area contributed by atoms with Crippen LogP contribution in [0.25, 0.3) is 0 Å². The third-order valence-electron chi connectivity index (χ3n) is 6.53. The normalized spacial score (nSPS) is 11.5. The van der Waals surface area contributed by atoms with Gasteiger partial charge in [-0.15, -0.1) is 11.8 Å². The molecule has 0 saturated heterocycles. The van der Waals surface area contributed by atoms with Gasteiger partial charge >= 0.3 is 0 Å². The predicted molar refractivity (Wildman–Crippen MR) is 147 cm³/mol. The molecule has 2 N–H and O–H groups in total. The molecule has 0 aliphatic rings. The zero-order valence-corrected chi connectivity index (χ0v) is 23.5. The van der Waals surface area contributed by atoms with E-state index in [-0.39, 0.29) is 24.1 Å². The number of phenolic OH excluding ortho intramolecular Hbond substituents is 1. The highest BCUT2D eigenvalue weighted by Gasteiger charge is 2.31. The molecule has 0 unspecified atom stereocenters. The standard InChI is InChI=1S/C28H48N2O3S/c1-8-9-10-11-12-13-14-15-16-17-18-34-28(5,6)27(33)30(7)20-25(31)29-24-19-21(2)26(32)23(4)22(24)3/h19,32H,8-18,20H2,1-7H3,(H,29,31). The van der Waals surface area contributed by atoms with Crippen LogP contribution in [-0.4, -0.2) is 45.9 Å². The first kappa shape index (κ1) is 30.3. The van der Waals surface area contributed by atoms with Gasteiger partial charge in [0.15, 0.2) is 0 Å². The molecule has 0 spiro atoms. The van der Waals surface area contributed by atoms with Crippen molar-refractivity contribution < 1.29 is 14.7 Å². The van der Waals surface area contributed by atoms with Crippen molar-refractivity contribution in [2.24, 2.45) is 0 Å². The van der Waals surface area contributed by atoms with Gasteiger partial charge in [0.25, 0.3) is 0 Å². The highest BCUT2D eigenvalue weighted by molar-refractivity contribution is 8.01. The van der Waals surface area contributed by atoms with Crippen molar-refractivity contribution in [2.45, 2.75) is 110 Å². The molecule has 194 valence electrons. The summed E-state index contributed by atoms with van der Waals surface area (Å²) in [6, 6.07) is 1.77. The van der Waals surface area contributed by atoms with Crippen LogP contribution in [0.3, 0.4) is 0 Å². The van der Waals surface area contributed by atoms with Crippen molar-refractivity contribution in [3.8, 4) is 5.75 Å². The number of aryl methyl sites for hydroxylation is 1. The number of hydrogen-bond donors (Lipinski definition) is 2. The fourth-order valence-corrected chi connectivity index (χ4v) is 5.25. The Labute approximate surface area is 212 Å². The van der Waals surface area contributed by atoms with Gasteiger partial charge in [0.2, 0.25) is 11.8 Å². The van der Waals surface area contributed by atoms with E-state index in [2.05, 4.69) is 12.2 Å².